The first kappa shape index (κ1) is 14.5. The van der Waals surface area contributed by atoms with Crippen LogP contribution >= 0.6 is 11.6 Å². The van der Waals surface area contributed by atoms with E-state index in [0.29, 0.717) is 18.3 Å². The van der Waals surface area contributed by atoms with Gasteiger partial charge in [0.1, 0.15) is 11.5 Å². The molecule has 1 aromatic heterocycles. The van der Waals surface area contributed by atoms with E-state index in [0.717, 1.165) is 18.9 Å². The molecule has 1 fully saturated rings. The van der Waals surface area contributed by atoms with Crippen LogP contribution in [-0.2, 0) is 12.7 Å². The maximum Gasteiger partial charge on any atom is 0.417 e. The second kappa shape index (κ2) is 5.39. The summed E-state index contributed by atoms with van der Waals surface area (Å²) in [5, 5.41) is 3.30. The quantitative estimate of drug-likeness (QED) is 0.870. The maximum absolute atomic E-state index is 13.1. The van der Waals surface area contributed by atoms with E-state index >= 15 is 0 Å². The van der Waals surface area contributed by atoms with Crippen LogP contribution < -0.4 is 5.32 Å². The van der Waals surface area contributed by atoms with E-state index in [4.69, 9.17) is 16.0 Å². The van der Waals surface area contributed by atoms with Gasteiger partial charge in [-0.1, -0.05) is 11.6 Å². The third-order valence-electron chi connectivity index (χ3n) is 3.36. The largest absolute Gasteiger partial charge is 0.460 e. The standard InChI is InChI=1S/C15H13ClF3NO/c16-9-1-5-12(13(7-9)15(17,18)19)14-6-4-11(21-14)8-20-10-2-3-10/h1,4-7,10,20H,2-3,8H2. The van der Waals surface area contributed by atoms with Crippen molar-refractivity contribution in [3.05, 3.63) is 46.7 Å². The van der Waals surface area contributed by atoms with Crippen molar-refractivity contribution in [3.63, 3.8) is 0 Å². The molecule has 1 heterocycles. The monoisotopic (exact) mass is 315 g/mol. The number of benzene rings is 1. The molecule has 21 heavy (non-hydrogen) atoms. The molecule has 3 rings (SSSR count). The second-order valence-corrected chi connectivity index (χ2v) is 5.55. The molecule has 1 aliphatic rings. The van der Waals surface area contributed by atoms with Crippen LogP contribution in [0, 0.1) is 0 Å². The lowest BCUT2D eigenvalue weighted by Gasteiger charge is -2.11. The lowest BCUT2D eigenvalue weighted by atomic mass is 10.1. The predicted molar refractivity (Wildman–Crippen MR) is 74.0 cm³/mol. The Morgan fingerprint density at radius 2 is 1.95 bits per heavy atom. The van der Waals surface area contributed by atoms with E-state index < -0.39 is 11.7 Å². The first-order chi connectivity index (χ1) is 9.93. The van der Waals surface area contributed by atoms with Gasteiger partial charge in [0.25, 0.3) is 0 Å². The Morgan fingerprint density at radius 3 is 2.62 bits per heavy atom. The summed E-state index contributed by atoms with van der Waals surface area (Å²) in [7, 11) is 0. The summed E-state index contributed by atoms with van der Waals surface area (Å²) in [5.41, 5.74) is -0.782. The number of rotatable bonds is 4. The maximum atomic E-state index is 13.1. The summed E-state index contributed by atoms with van der Waals surface area (Å²) in [6.07, 6.45) is -2.19. The molecule has 0 atom stereocenters. The molecule has 1 N–H and O–H groups in total. The first-order valence-corrected chi connectivity index (χ1v) is 7.00. The zero-order chi connectivity index (χ0) is 15.0. The van der Waals surface area contributed by atoms with Crippen LogP contribution in [0.25, 0.3) is 11.3 Å². The number of hydrogen-bond acceptors (Lipinski definition) is 2. The summed E-state index contributed by atoms with van der Waals surface area (Å²) in [6.45, 7) is 0.527. The smallest absolute Gasteiger partial charge is 0.417 e. The highest BCUT2D eigenvalue weighted by Gasteiger charge is 2.34. The van der Waals surface area contributed by atoms with Crippen LogP contribution in [0.15, 0.2) is 34.7 Å². The molecule has 2 aromatic rings. The Balaban J connectivity index is 1.88. The van der Waals surface area contributed by atoms with Crippen LogP contribution in [0.2, 0.25) is 5.02 Å². The van der Waals surface area contributed by atoms with Crippen LogP contribution in [0.5, 0.6) is 0 Å². The second-order valence-electron chi connectivity index (χ2n) is 5.11. The van der Waals surface area contributed by atoms with Gasteiger partial charge in [-0.25, -0.2) is 0 Å². The molecular formula is C15H13ClF3NO. The van der Waals surface area contributed by atoms with E-state index in [2.05, 4.69) is 5.32 Å². The Bertz CT molecular complexity index is 647. The van der Waals surface area contributed by atoms with Crippen molar-refractivity contribution in [2.24, 2.45) is 0 Å². The number of halogens is 4. The van der Waals surface area contributed by atoms with Gasteiger partial charge >= 0.3 is 6.18 Å². The summed E-state index contributed by atoms with van der Waals surface area (Å²) in [5.74, 6) is 0.826. The van der Waals surface area contributed by atoms with Gasteiger partial charge in [-0.3, -0.25) is 0 Å². The highest BCUT2D eigenvalue weighted by molar-refractivity contribution is 6.30. The van der Waals surface area contributed by atoms with Gasteiger partial charge in [0.05, 0.1) is 12.1 Å². The predicted octanol–water partition coefficient (Wildman–Crippen LogP) is 4.87. The minimum absolute atomic E-state index is 0.00423. The Hall–Kier alpha value is -1.46. The number of hydrogen-bond donors (Lipinski definition) is 1. The number of nitrogens with one attached hydrogen (secondary N) is 1. The van der Waals surface area contributed by atoms with E-state index in [1.807, 2.05) is 0 Å². The fraction of sp³-hybridized carbons (Fsp3) is 0.333. The van der Waals surface area contributed by atoms with Gasteiger partial charge in [-0.2, -0.15) is 13.2 Å². The van der Waals surface area contributed by atoms with Crippen molar-refractivity contribution >= 4 is 11.6 Å². The van der Waals surface area contributed by atoms with Gasteiger partial charge in [0, 0.05) is 16.6 Å². The van der Waals surface area contributed by atoms with Gasteiger partial charge in [-0.15, -0.1) is 0 Å². The molecular weight excluding hydrogens is 303 g/mol. The van der Waals surface area contributed by atoms with Crippen LogP contribution in [0.1, 0.15) is 24.2 Å². The zero-order valence-electron chi connectivity index (χ0n) is 11.0. The lowest BCUT2D eigenvalue weighted by molar-refractivity contribution is -0.137. The first-order valence-electron chi connectivity index (χ1n) is 6.63. The fourth-order valence-electron chi connectivity index (χ4n) is 2.12. The molecule has 0 radical (unpaired) electrons. The van der Waals surface area contributed by atoms with E-state index in [-0.39, 0.29) is 16.3 Å². The fourth-order valence-corrected chi connectivity index (χ4v) is 2.29. The lowest BCUT2D eigenvalue weighted by Crippen LogP contribution is -2.14. The average Bonchev–Trinajstić information content (AvgIpc) is 3.13. The van der Waals surface area contributed by atoms with Gasteiger partial charge in [-0.05, 0) is 43.2 Å². The SMILES string of the molecule is FC(F)(F)c1cc(Cl)ccc1-c1ccc(CNC2CC2)o1. The molecule has 1 aromatic carbocycles. The topological polar surface area (TPSA) is 25.2 Å². The molecule has 0 aliphatic heterocycles. The van der Waals surface area contributed by atoms with Crippen LogP contribution in [0.4, 0.5) is 13.2 Å². The van der Waals surface area contributed by atoms with Gasteiger partial charge in [0.15, 0.2) is 0 Å². The molecule has 2 nitrogen and oxygen atoms in total. The number of furan rings is 1. The number of alkyl halides is 3. The normalized spacial score (nSPS) is 15.4. The van der Waals surface area contributed by atoms with Crippen molar-refractivity contribution in [1.82, 2.24) is 5.32 Å². The average molecular weight is 316 g/mol. The minimum Gasteiger partial charge on any atom is -0.460 e. The van der Waals surface area contributed by atoms with Crippen LogP contribution in [0.3, 0.4) is 0 Å². The van der Waals surface area contributed by atoms with E-state index in [1.165, 1.54) is 12.1 Å². The molecule has 0 bridgehead atoms. The summed E-state index contributed by atoms with van der Waals surface area (Å²) >= 11 is 5.67. The van der Waals surface area contributed by atoms with E-state index in [9.17, 15) is 13.2 Å². The summed E-state index contributed by atoms with van der Waals surface area (Å²) in [6, 6.07) is 7.45. The Kier molecular flexibility index (Phi) is 3.71. The van der Waals surface area contributed by atoms with Crippen molar-refractivity contribution < 1.29 is 17.6 Å². The third-order valence-corrected chi connectivity index (χ3v) is 3.59. The van der Waals surface area contributed by atoms with Crippen molar-refractivity contribution in [3.8, 4) is 11.3 Å². The van der Waals surface area contributed by atoms with Crippen molar-refractivity contribution in [2.45, 2.75) is 31.6 Å². The highest BCUT2D eigenvalue weighted by Crippen LogP contribution is 2.39. The summed E-state index contributed by atoms with van der Waals surface area (Å²) < 4.78 is 44.7. The van der Waals surface area contributed by atoms with Gasteiger partial charge < -0.3 is 9.73 Å². The molecule has 0 spiro atoms. The van der Waals surface area contributed by atoms with Crippen molar-refractivity contribution in [1.29, 1.82) is 0 Å². The van der Waals surface area contributed by atoms with Crippen molar-refractivity contribution in [2.75, 3.05) is 0 Å². The van der Waals surface area contributed by atoms with Gasteiger partial charge in [0.2, 0.25) is 0 Å². The Labute approximate surface area is 124 Å². The molecule has 112 valence electrons. The van der Waals surface area contributed by atoms with Crippen LogP contribution in [-0.4, -0.2) is 6.04 Å². The molecule has 0 saturated heterocycles. The highest BCUT2D eigenvalue weighted by atomic mass is 35.5. The molecule has 0 unspecified atom stereocenters. The van der Waals surface area contributed by atoms with E-state index in [1.54, 1.807) is 12.1 Å². The third kappa shape index (κ3) is 3.41. The Morgan fingerprint density at radius 1 is 1.19 bits per heavy atom. The molecule has 6 heteroatoms. The minimum atomic E-state index is -4.47. The zero-order valence-corrected chi connectivity index (χ0v) is 11.8. The summed E-state index contributed by atoms with van der Waals surface area (Å²) in [4.78, 5) is 0. The molecule has 1 aliphatic carbocycles. The molecule has 0 amide bonds. The molecule has 1 saturated carbocycles.